The standard InChI is InChI=1S/C28H26FN3O3/c1-2-19-8-3-4-10-24(19)32-16-20(17-33)28(34)22-14-23(29)26(15-25(22)32)31-13-7-9-21(31)18-35-27-11-5-6-12-30-27/h3-6,8,10-12,14-17,21H,2,7,9,13,18H2,1H3. The van der Waals surface area contributed by atoms with Gasteiger partial charge in [0.1, 0.15) is 12.4 Å². The van der Waals surface area contributed by atoms with Crippen LogP contribution in [0, 0.1) is 5.82 Å². The average molecular weight is 472 g/mol. The summed E-state index contributed by atoms with van der Waals surface area (Å²) >= 11 is 0. The summed E-state index contributed by atoms with van der Waals surface area (Å²) < 4.78 is 23.2. The van der Waals surface area contributed by atoms with Crippen LogP contribution >= 0.6 is 0 Å². The minimum absolute atomic E-state index is 0.00151. The number of anilines is 1. The molecule has 1 unspecified atom stereocenters. The zero-order valence-corrected chi connectivity index (χ0v) is 19.5. The molecule has 1 aliphatic rings. The Morgan fingerprint density at radius 3 is 2.74 bits per heavy atom. The summed E-state index contributed by atoms with van der Waals surface area (Å²) in [7, 11) is 0. The van der Waals surface area contributed by atoms with Gasteiger partial charge in [0.2, 0.25) is 5.88 Å². The molecule has 0 bridgehead atoms. The monoisotopic (exact) mass is 471 g/mol. The van der Waals surface area contributed by atoms with Gasteiger partial charge in [-0.1, -0.05) is 31.2 Å². The number of hydrogen-bond acceptors (Lipinski definition) is 5. The quantitative estimate of drug-likeness (QED) is 0.357. The molecule has 0 saturated carbocycles. The van der Waals surface area contributed by atoms with E-state index in [0.29, 0.717) is 36.5 Å². The third-order valence-corrected chi connectivity index (χ3v) is 6.61. The molecule has 1 saturated heterocycles. The molecule has 1 fully saturated rings. The molecule has 0 spiro atoms. The van der Waals surface area contributed by atoms with Gasteiger partial charge >= 0.3 is 0 Å². The van der Waals surface area contributed by atoms with Gasteiger partial charge in [0.15, 0.2) is 11.7 Å². The number of halogens is 1. The first-order chi connectivity index (χ1) is 17.1. The SMILES string of the molecule is CCc1ccccc1-n1cc(C=O)c(=O)c2cc(F)c(N3CCCC3COc3ccccn3)cc21. The minimum Gasteiger partial charge on any atom is -0.475 e. The molecule has 0 radical (unpaired) electrons. The zero-order valence-electron chi connectivity index (χ0n) is 19.5. The van der Waals surface area contributed by atoms with Crippen molar-refractivity contribution >= 4 is 22.9 Å². The first-order valence-corrected chi connectivity index (χ1v) is 11.8. The van der Waals surface area contributed by atoms with Crippen molar-refractivity contribution in [1.82, 2.24) is 9.55 Å². The van der Waals surface area contributed by atoms with Gasteiger partial charge in [-0.3, -0.25) is 9.59 Å². The van der Waals surface area contributed by atoms with E-state index in [-0.39, 0.29) is 17.0 Å². The summed E-state index contributed by atoms with van der Waals surface area (Å²) in [5.74, 6) is 0.0439. The maximum absolute atomic E-state index is 15.5. The molecule has 4 aromatic rings. The highest BCUT2D eigenvalue weighted by Crippen LogP contribution is 2.32. The van der Waals surface area contributed by atoms with Crippen LogP contribution in [0.4, 0.5) is 10.1 Å². The second-order valence-corrected chi connectivity index (χ2v) is 8.67. The zero-order chi connectivity index (χ0) is 24.4. The number of rotatable bonds is 7. The van der Waals surface area contributed by atoms with Gasteiger partial charge in [-0.2, -0.15) is 0 Å². The fourth-order valence-electron chi connectivity index (χ4n) is 4.84. The molecular weight excluding hydrogens is 445 g/mol. The lowest BCUT2D eigenvalue weighted by Crippen LogP contribution is -2.35. The van der Waals surface area contributed by atoms with Gasteiger partial charge in [-0.15, -0.1) is 0 Å². The number of nitrogens with zero attached hydrogens (tertiary/aromatic N) is 3. The van der Waals surface area contributed by atoms with Crippen LogP contribution in [0.25, 0.3) is 16.6 Å². The number of para-hydroxylation sites is 1. The van der Waals surface area contributed by atoms with Gasteiger partial charge in [-0.25, -0.2) is 9.37 Å². The van der Waals surface area contributed by atoms with Crippen molar-refractivity contribution in [3.05, 3.63) is 94.2 Å². The topological polar surface area (TPSA) is 64.4 Å². The molecule has 2 aromatic heterocycles. The molecule has 2 aromatic carbocycles. The predicted molar refractivity (Wildman–Crippen MR) is 134 cm³/mol. The van der Waals surface area contributed by atoms with E-state index in [0.717, 1.165) is 30.5 Å². The van der Waals surface area contributed by atoms with Gasteiger partial charge in [0.25, 0.3) is 0 Å². The molecule has 178 valence electrons. The van der Waals surface area contributed by atoms with Gasteiger partial charge in [0.05, 0.1) is 22.8 Å². The van der Waals surface area contributed by atoms with E-state index in [9.17, 15) is 9.59 Å². The van der Waals surface area contributed by atoms with Crippen LogP contribution in [0.1, 0.15) is 35.7 Å². The molecule has 1 atom stereocenters. The van der Waals surface area contributed by atoms with Crippen molar-refractivity contribution in [2.24, 2.45) is 0 Å². The lowest BCUT2D eigenvalue weighted by atomic mass is 10.1. The number of aryl methyl sites for hydroxylation is 1. The Morgan fingerprint density at radius 1 is 1.14 bits per heavy atom. The number of pyridine rings is 2. The molecule has 6 nitrogen and oxygen atoms in total. The number of aromatic nitrogens is 2. The fourth-order valence-corrected chi connectivity index (χ4v) is 4.84. The highest BCUT2D eigenvalue weighted by atomic mass is 19.1. The minimum atomic E-state index is -0.488. The largest absolute Gasteiger partial charge is 0.475 e. The van der Waals surface area contributed by atoms with Gasteiger partial charge < -0.3 is 14.2 Å². The van der Waals surface area contributed by atoms with E-state index in [2.05, 4.69) is 4.98 Å². The van der Waals surface area contributed by atoms with Crippen molar-refractivity contribution in [2.75, 3.05) is 18.1 Å². The normalized spacial score (nSPS) is 15.5. The van der Waals surface area contributed by atoms with E-state index in [4.69, 9.17) is 4.74 Å². The number of aldehydes is 1. The van der Waals surface area contributed by atoms with Crippen LogP contribution in [0.5, 0.6) is 5.88 Å². The number of ether oxygens (including phenoxy) is 1. The summed E-state index contributed by atoms with van der Waals surface area (Å²) in [6, 6.07) is 16.3. The van der Waals surface area contributed by atoms with Crippen molar-refractivity contribution in [1.29, 1.82) is 0 Å². The smallest absolute Gasteiger partial charge is 0.213 e. The Morgan fingerprint density at radius 2 is 1.97 bits per heavy atom. The summed E-state index contributed by atoms with van der Waals surface area (Å²) in [6.45, 7) is 3.11. The Labute approximate surface area is 202 Å². The molecule has 1 aliphatic heterocycles. The molecular formula is C28H26FN3O3. The van der Waals surface area contributed by atoms with Crippen LogP contribution in [0.3, 0.4) is 0 Å². The summed E-state index contributed by atoms with van der Waals surface area (Å²) in [6.07, 6.45) is 6.30. The van der Waals surface area contributed by atoms with Crippen molar-refractivity contribution in [3.63, 3.8) is 0 Å². The number of carbonyl (C=O) groups is 1. The second kappa shape index (κ2) is 9.70. The average Bonchev–Trinajstić information content (AvgIpc) is 3.36. The molecule has 3 heterocycles. The van der Waals surface area contributed by atoms with E-state index in [1.165, 1.54) is 6.07 Å². The van der Waals surface area contributed by atoms with Crippen LogP contribution in [0.15, 0.2) is 71.8 Å². The third kappa shape index (κ3) is 4.30. The van der Waals surface area contributed by atoms with Crippen molar-refractivity contribution < 1.29 is 13.9 Å². The Bertz CT molecular complexity index is 1440. The summed E-state index contributed by atoms with van der Waals surface area (Å²) in [5.41, 5.74) is 2.43. The number of fused-ring (bicyclic) bond motifs is 1. The highest BCUT2D eigenvalue weighted by molar-refractivity contribution is 5.89. The second-order valence-electron chi connectivity index (χ2n) is 8.67. The fraction of sp³-hybridized carbons (Fsp3) is 0.250. The Balaban J connectivity index is 1.61. The first kappa shape index (κ1) is 22.8. The highest BCUT2D eigenvalue weighted by Gasteiger charge is 2.28. The van der Waals surface area contributed by atoms with E-state index in [1.807, 2.05) is 52.8 Å². The number of carbonyl (C=O) groups excluding carboxylic acids is 1. The molecule has 35 heavy (non-hydrogen) atoms. The summed E-state index contributed by atoms with van der Waals surface area (Å²) in [4.78, 5) is 30.8. The van der Waals surface area contributed by atoms with Gasteiger partial charge in [0, 0.05) is 36.1 Å². The van der Waals surface area contributed by atoms with Crippen LogP contribution < -0.4 is 15.1 Å². The van der Waals surface area contributed by atoms with Crippen molar-refractivity contribution in [2.45, 2.75) is 32.2 Å². The lowest BCUT2D eigenvalue weighted by Gasteiger charge is -2.28. The maximum atomic E-state index is 15.5. The predicted octanol–water partition coefficient (Wildman–Crippen LogP) is 4.95. The van der Waals surface area contributed by atoms with E-state index >= 15 is 4.39 Å². The molecule has 0 aliphatic carbocycles. The van der Waals surface area contributed by atoms with Gasteiger partial charge in [-0.05, 0) is 49.1 Å². The maximum Gasteiger partial charge on any atom is 0.213 e. The van der Waals surface area contributed by atoms with E-state index < -0.39 is 11.2 Å². The Kier molecular flexibility index (Phi) is 6.31. The lowest BCUT2D eigenvalue weighted by molar-refractivity contribution is 0.112. The summed E-state index contributed by atoms with van der Waals surface area (Å²) in [5, 5.41) is 0.183. The van der Waals surface area contributed by atoms with Crippen LogP contribution in [-0.2, 0) is 6.42 Å². The van der Waals surface area contributed by atoms with Crippen LogP contribution in [0.2, 0.25) is 0 Å². The molecule has 0 N–H and O–H groups in total. The first-order valence-electron chi connectivity index (χ1n) is 11.8. The van der Waals surface area contributed by atoms with Crippen LogP contribution in [-0.4, -0.2) is 35.0 Å². The molecule has 0 amide bonds. The third-order valence-electron chi connectivity index (χ3n) is 6.61. The number of benzene rings is 2. The molecule has 7 heteroatoms. The van der Waals surface area contributed by atoms with E-state index in [1.54, 1.807) is 24.5 Å². The van der Waals surface area contributed by atoms with Crippen molar-refractivity contribution in [3.8, 4) is 11.6 Å². The molecule has 5 rings (SSSR count). The Hall–Kier alpha value is -4.00. The number of hydrogen-bond donors (Lipinski definition) is 0.